The first kappa shape index (κ1) is 21.0. The molecule has 0 amide bonds. The van der Waals surface area contributed by atoms with Crippen molar-refractivity contribution in [3.05, 3.63) is 89.0 Å². The molecule has 0 aromatic heterocycles. The second-order valence-electron chi connectivity index (χ2n) is 7.67. The molecule has 3 aromatic rings. The van der Waals surface area contributed by atoms with Crippen LogP contribution in [0.4, 0.5) is 0 Å². The zero-order valence-corrected chi connectivity index (χ0v) is 17.8. The second-order valence-corrected chi connectivity index (χ2v) is 8.97. The van der Waals surface area contributed by atoms with Crippen LogP contribution >= 0.6 is 7.82 Å². The molecule has 3 rings (SSSR count). The van der Waals surface area contributed by atoms with Crippen molar-refractivity contribution >= 4 is 7.82 Å². The molecule has 3 aromatic carbocycles. The van der Waals surface area contributed by atoms with Gasteiger partial charge in [0.1, 0.15) is 17.2 Å². The lowest BCUT2D eigenvalue weighted by atomic mass is 9.78. The van der Waals surface area contributed by atoms with E-state index in [2.05, 4.69) is 13.8 Å². The second kappa shape index (κ2) is 7.94. The minimum absolute atomic E-state index is 0.218. The molecule has 0 aliphatic carbocycles. The van der Waals surface area contributed by atoms with Gasteiger partial charge in [0.15, 0.2) is 0 Å². The Morgan fingerprint density at radius 2 is 1.21 bits per heavy atom. The highest BCUT2D eigenvalue weighted by atomic mass is 31.2. The van der Waals surface area contributed by atoms with Gasteiger partial charge in [-0.3, -0.25) is 4.89 Å². The van der Waals surface area contributed by atoms with Gasteiger partial charge >= 0.3 is 7.82 Å². The number of rotatable bonds is 6. The van der Waals surface area contributed by atoms with Crippen LogP contribution in [-0.2, 0) is 9.98 Å². The van der Waals surface area contributed by atoms with Gasteiger partial charge in [-0.1, -0.05) is 44.2 Å². The summed E-state index contributed by atoms with van der Waals surface area (Å²) in [6.07, 6.45) is 0. The molecule has 0 saturated carbocycles. The number of phenolic OH excluding ortho intramolecular Hbond substituents is 1. The molecule has 0 bridgehead atoms. The number of benzene rings is 3. The number of phenols is 1. The summed E-state index contributed by atoms with van der Waals surface area (Å²) < 4.78 is 22.8. The molecule has 2 N–H and O–H groups in total. The highest BCUT2D eigenvalue weighted by molar-refractivity contribution is 7.48. The highest BCUT2D eigenvalue weighted by Crippen LogP contribution is 2.45. The number of hydrogen-bond donors (Lipinski definition) is 2. The molecule has 152 valence electrons. The molecule has 0 fully saturated rings. The van der Waals surface area contributed by atoms with Gasteiger partial charge in [0.05, 0.1) is 0 Å². The van der Waals surface area contributed by atoms with E-state index in [1.165, 1.54) is 0 Å². The number of aromatic hydroxyl groups is 1. The summed E-state index contributed by atoms with van der Waals surface area (Å²) in [6.45, 7) is 7.90. The first-order valence-electron chi connectivity index (χ1n) is 9.25. The molecule has 29 heavy (non-hydrogen) atoms. The maximum absolute atomic E-state index is 12.4. The quantitative estimate of drug-likeness (QED) is 0.494. The maximum atomic E-state index is 12.4. The average molecular weight is 412 g/mol. The van der Waals surface area contributed by atoms with Crippen molar-refractivity contribution in [2.45, 2.75) is 33.1 Å². The van der Waals surface area contributed by atoms with E-state index in [1.807, 2.05) is 44.2 Å². The Morgan fingerprint density at radius 3 is 1.72 bits per heavy atom. The van der Waals surface area contributed by atoms with Crippen molar-refractivity contribution in [2.24, 2.45) is 0 Å². The lowest BCUT2D eigenvalue weighted by Crippen LogP contribution is -2.18. The van der Waals surface area contributed by atoms with E-state index >= 15 is 0 Å². The molecular weight excluding hydrogens is 387 g/mol. The lowest BCUT2D eigenvalue weighted by Gasteiger charge is -2.26. The van der Waals surface area contributed by atoms with Crippen molar-refractivity contribution in [3.63, 3.8) is 0 Å². The van der Waals surface area contributed by atoms with Crippen LogP contribution in [-0.4, -0.2) is 10.00 Å². The van der Waals surface area contributed by atoms with Crippen molar-refractivity contribution in [1.82, 2.24) is 0 Å². The predicted molar refractivity (Wildman–Crippen MR) is 114 cm³/mol. The van der Waals surface area contributed by atoms with E-state index < -0.39 is 7.82 Å². The van der Waals surface area contributed by atoms with Crippen LogP contribution in [0, 0.1) is 13.8 Å². The first-order chi connectivity index (χ1) is 13.5. The third-order valence-electron chi connectivity index (χ3n) is 4.80. The summed E-state index contributed by atoms with van der Waals surface area (Å²) >= 11 is 0. The van der Waals surface area contributed by atoms with Crippen LogP contribution in [0.5, 0.6) is 17.2 Å². The highest BCUT2D eigenvalue weighted by Gasteiger charge is 2.27. The van der Waals surface area contributed by atoms with E-state index in [0.29, 0.717) is 5.75 Å². The third-order valence-corrected chi connectivity index (χ3v) is 5.68. The first-order valence-corrected chi connectivity index (χ1v) is 10.7. The Kier molecular flexibility index (Phi) is 5.74. The van der Waals surface area contributed by atoms with Gasteiger partial charge < -0.3 is 14.2 Å². The van der Waals surface area contributed by atoms with Crippen LogP contribution in [0.3, 0.4) is 0 Å². The van der Waals surface area contributed by atoms with Gasteiger partial charge in [0.2, 0.25) is 0 Å². The van der Waals surface area contributed by atoms with Gasteiger partial charge in [-0.25, -0.2) is 4.57 Å². The molecule has 0 aliphatic heterocycles. The minimum Gasteiger partial charge on any atom is -0.508 e. The lowest BCUT2D eigenvalue weighted by molar-refractivity contribution is 0.291. The summed E-state index contributed by atoms with van der Waals surface area (Å²) in [5.74, 6) is 0.750. The van der Waals surface area contributed by atoms with Crippen molar-refractivity contribution in [2.75, 3.05) is 0 Å². The molecule has 5 nitrogen and oxygen atoms in total. The van der Waals surface area contributed by atoms with Gasteiger partial charge in [-0.15, -0.1) is 0 Å². The van der Waals surface area contributed by atoms with E-state index in [0.717, 1.165) is 22.3 Å². The molecule has 0 radical (unpaired) electrons. The van der Waals surface area contributed by atoms with E-state index in [4.69, 9.17) is 9.05 Å². The van der Waals surface area contributed by atoms with Crippen LogP contribution in [0.15, 0.2) is 66.7 Å². The number of hydrogen-bond acceptors (Lipinski definition) is 4. The monoisotopic (exact) mass is 412 g/mol. The molecule has 0 heterocycles. The Hall–Kier alpha value is -2.75. The van der Waals surface area contributed by atoms with Crippen LogP contribution in [0.25, 0.3) is 0 Å². The van der Waals surface area contributed by atoms with E-state index in [1.54, 1.807) is 36.4 Å². The zero-order valence-electron chi connectivity index (χ0n) is 16.9. The summed E-state index contributed by atoms with van der Waals surface area (Å²) in [7, 11) is -4.32. The summed E-state index contributed by atoms with van der Waals surface area (Å²) in [5.41, 5.74) is 3.58. The van der Waals surface area contributed by atoms with Crippen LogP contribution in [0.1, 0.15) is 36.1 Å². The summed E-state index contributed by atoms with van der Waals surface area (Å²) in [6, 6.07) is 19.4. The number of phosphoric ester groups is 1. The molecule has 0 spiro atoms. The number of aryl methyl sites for hydroxylation is 2. The fraction of sp³-hybridized carbons (Fsp3) is 0.217. The Bertz CT molecular complexity index is 1020. The van der Waals surface area contributed by atoms with Gasteiger partial charge in [0, 0.05) is 5.41 Å². The van der Waals surface area contributed by atoms with Gasteiger partial charge in [0.25, 0.3) is 0 Å². The fourth-order valence-corrected chi connectivity index (χ4v) is 4.05. The largest absolute Gasteiger partial charge is 0.584 e. The Balaban J connectivity index is 1.75. The molecule has 0 aliphatic rings. The molecule has 0 saturated heterocycles. The predicted octanol–water partition coefficient (Wildman–Crippen LogP) is 5.89. The topological polar surface area (TPSA) is 76.0 Å². The zero-order chi connectivity index (χ0) is 21.2. The van der Waals surface area contributed by atoms with Crippen molar-refractivity contribution in [1.29, 1.82) is 0 Å². The SMILES string of the molecule is Cc1cc(C)cc(OP(=O)(O)Oc2ccc(C(C)(C)c3ccc(O)cc3)cc2)c1. The Labute approximate surface area is 171 Å². The maximum Gasteiger partial charge on any atom is 0.584 e. The fourth-order valence-electron chi connectivity index (χ4n) is 3.25. The summed E-state index contributed by atoms with van der Waals surface area (Å²) in [4.78, 5) is 10.1. The minimum atomic E-state index is -4.32. The van der Waals surface area contributed by atoms with Gasteiger partial charge in [-0.05, 0) is 72.5 Å². The third kappa shape index (κ3) is 5.20. The smallest absolute Gasteiger partial charge is 0.508 e. The normalized spacial score (nSPS) is 13.6. The molecule has 1 unspecified atom stereocenters. The van der Waals surface area contributed by atoms with Crippen molar-refractivity contribution in [3.8, 4) is 17.2 Å². The van der Waals surface area contributed by atoms with Gasteiger partial charge in [-0.2, -0.15) is 0 Å². The molecule has 6 heteroatoms. The molecule has 1 atom stereocenters. The van der Waals surface area contributed by atoms with Crippen molar-refractivity contribution < 1.29 is 23.6 Å². The summed E-state index contributed by atoms with van der Waals surface area (Å²) in [5, 5.41) is 9.49. The number of phosphoric acid groups is 1. The van der Waals surface area contributed by atoms with E-state index in [9.17, 15) is 14.6 Å². The van der Waals surface area contributed by atoms with E-state index in [-0.39, 0.29) is 16.9 Å². The standard InChI is InChI=1S/C23H25O5P/c1-16-13-17(2)15-22(14-16)28-29(25,26)27-21-11-7-19(8-12-21)23(3,4)18-5-9-20(24)10-6-18/h5-15,24H,1-4H3,(H,25,26). The van der Waals surface area contributed by atoms with Crippen LogP contribution < -0.4 is 9.05 Å². The molecular formula is C23H25O5P. The van der Waals surface area contributed by atoms with Crippen LogP contribution in [0.2, 0.25) is 0 Å². The average Bonchev–Trinajstić information content (AvgIpc) is 2.60. The Morgan fingerprint density at radius 1 is 0.759 bits per heavy atom.